The summed E-state index contributed by atoms with van der Waals surface area (Å²) in [6.07, 6.45) is 8.06. The molecule has 0 aliphatic carbocycles. The molecule has 3 heterocycles. The Morgan fingerprint density at radius 2 is 1.89 bits per heavy atom. The van der Waals surface area contributed by atoms with Crippen molar-refractivity contribution in [3.05, 3.63) is 53.9 Å². The zero-order valence-electron chi connectivity index (χ0n) is 15.6. The van der Waals surface area contributed by atoms with Gasteiger partial charge in [0, 0.05) is 55.3 Å². The number of anilines is 2. The molecule has 7 heteroatoms. The van der Waals surface area contributed by atoms with Crippen LogP contribution in [0.15, 0.2) is 42.7 Å². The van der Waals surface area contributed by atoms with Crippen LogP contribution in [0.4, 0.5) is 11.6 Å². The lowest BCUT2D eigenvalue weighted by atomic mass is 10.1. The van der Waals surface area contributed by atoms with Crippen molar-refractivity contribution in [1.82, 2.24) is 9.97 Å². The first-order valence-corrected chi connectivity index (χ1v) is 9.48. The Morgan fingerprint density at radius 3 is 2.61 bits per heavy atom. The number of morpholine rings is 1. The van der Waals surface area contributed by atoms with Crippen LogP contribution in [0.5, 0.6) is 0 Å². The zero-order chi connectivity index (χ0) is 19.3. The molecule has 2 aliphatic heterocycles. The van der Waals surface area contributed by atoms with E-state index in [2.05, 4.69) is 14.9 Å². The maximum Gasteiger partial charge on any atom is 0.227 e. The van der Waals surface area contributed by atoms with E-state index in [1.54, 1.807) is 35.5 Å². The van der Waals surface area contributed by atoms with Crippen molar-refractivity contribution in [1.29, 1.82) is 0 Å². The highest BCUT2D eigenvalue weighted by Gasteiger charge is 2.22. The number of benzene rings is 1. The molecule has 1 aromatic heterocycles. The normalized spacial score (nSPS) is 17.5. The molecule has 28 heavy (non-hydrogen) atoms. The number of carbonyl (C=O) groups is 2. The van der Waals surface area contributed by atoms with E-state index in [4.69, 9.17) is 4.74 Å². The fourth-order valence-corrected chi connectivity index (χ4v) is 3.36. The molecule has 0 saturated carbocycles. The van der Waals surface area contributed by atoms with Gasteiger partial charge in [-0.25, -0.2) is 9.97 Å². The smallest absolute Gasteiger partial charge is 0.227 e. The van der Waals surface area contributed by atoms with Crippen molar-refractivity contribution in [3.8, 4) is 0 Å². The molecule has 0 spiro atoms. The van der Waals surface area contributed by atoms with E-state index in [9.17, 15) is 9.59 Å². The number of rotatable bonds is 5. The minimum absolute atomic E-state index is 0.109. The summed E-state index contributed by atoms with van der Waals surface area (Å²) in [7, 11) is 0. The molecular formula is C21H22N4O3. The third kappa shape index (κ3) is 4.09. The van der Waals surface area contributed by atoms with E-state index in [0.717, 1.165) is 30.8 Å². The standard InChI is InChI=1S/C21H22N4O3/c26-19(17-3-1-4-18(13-17)25-8-2-5-20(25)27)7-6-16-14-22-21(23-15-16)24-9-11-28-12-10-24/h1,3-4,6-7,13-15H,2,5,8-12H2/b7-6+. The van der Waals surface area contributed by atoms with E-state index >= 15 is 0 Å². The van der Waals surface area contributed by atoms with Gasteiger partial charge in [-0.3, -0.25) is 9.59 Å². The molecular weight excluding hydrogens is 356 g/mol. The Labute approximate surface area is 163 Å². The van der Waals surface area contributed by atoms with Gasteiger partial charge in [-0.05, 0) is 30.7 Å². The van der Waals surface area contributed by atoms with Gasteiger partial charge in [0.15, 0.2) is 5.78 Å². The second kappa shape index (κ2) is 8.31. The van der Waals surface area contributed by atoms with E-state index in [1.807, 2.05) is 12.1 Å². The Hall–Kier alpha value is -3.06. The molecule has 1 amide bonds. The average Bonchev–Trinajstić information content (AvgIpc) is 3.19. The van der Waals surface area contributed by atoms with Crippen molar-refractivity contribution in [3.63, 3.8) is 0 Å². The number of nitrogens with zero attached hydrogens (tertiary/aromatic N) is 4. The summed E-state index contributed by atoms with van der Waals surface area (Å²) in [6.45, 7) is 3.63. The molecule has 0 N–H and O–H groups in total. The lowest BCUT2D eigenvalue weighted by Gasteiger charge is -2.26. The van der Waals surface area contributed by atoms with E-state index in [-0.39, 0.29) is 11.7 Å². The number of carbonyl (C=O) groups excluding carboxylic acids is 2. The Balaban J connectivity index is 1.43. The SMILES string of the molecule is O=C(/C=C/c1cnc(N2CCOCC2)nc1)c1cccc(N2CCCC2=O)c1. The Morgan fingerprint density at radius 1 is 1.11 bits per heavy atom. The molecule has 2 saturated heterocycles. The maximum atomic E-state index is 12.5. The number of ether oxygens (including phenoxy) is 1. The van der Waals surface area contributed by atoms with E-state index in [0.29, 0.717) is 37.7 Å². The molecule has 2 aliphatic rings. The van der Waals surface area contributed by atoms with Crippen molar-refractivity contribution in [2.45, 2.75) is 12.8 Å². The monoisotopic (exact) mass is 378 g/mol. The van der Waals surface area contributed by atoms with E-state index < -0.39 is 0 Å². The van der Waals surface area contributed by atoms with E-state index in [1.165, 1.54) is 6.08 Å². The predicted molar refractivity (Wildman–Crippen MR) is 106 cm³/mol. The second-order valence-electron chi connectivity index (χ2n) is 6.81. The van der Waals surface area contributed by atoms with Crippen molar-refractivity contribution in [2.75, 3.05) is 42.6 Å². The summed E-state index contributed by atoms with van der Waals surface area (Å²) >= 11 is 0. The largest absolute Gasteiger partial charge is 0.378 e. The Kier molecular flexibility index (Phi) is 5.43. The number of amides is 1. The molecule has 2 aromatic rings. The lowest BCUT2D eigenvalue weighted by molar-refractivity contribution is -0.117. The molecule has 2 fully saturated rings. The van der Waals surface area contributed by atoms with Crippen LogP contribution in [0, 0.1) is 0 Å². The van der Waals surface area contributed by atoms with Gasteiger partial charge < -0.3 is 14.5 Å². The highest BCUT2D eigenvalue weighted by molar-refractivity contribution is 6.08. The van der Waals surface area contributed by atoms with Gasteiger partial charge >= 0.3 is 0 Å². The molecule has 0 unspecified atom stereocenters. The molecule has 0 radical (unpaired) electrons. The van der Waals surface area contributed by atoms with Gasteiger partial charge in [0.05, 0.1) is 13.2 Å². The van der Waals surface area contributed by atoms with Gasteiger partial charge in [0.2, 0.25) is 11.9 Å². The number of hydrogen-bond donors (Lipinski definition) is 0. The summed E-state index contributed by atoms with van der Waals surface area (Å²) < 4.78 is 5.33. The van der Waals surface area contributed by atoms with Crippen LogP contribution >= 0.6 is 0 Å². The van der Waals surface area contributed by atoms with Crippen LogP contribution < -0.4 is 9.80 Å². The predicted octanol–water partition coefficient (Wildman–Crippen LogP) is 2.34. The van der Waals surface area contributed by atoms with Crippen LogP contribution in [0.2, 0.25) is 0 Å². The van der Waals surface area contributed by atoms with Crippen molar-refractivity contribution < 1.29 is 14.3 Å². The van der Waals surface area contributed by atoms with Gasteiger partial charge in [-0.2, -0.15) is 0 Å². The minimum atomic E-state index is -0.120. The second-order valence-corrected chi connectivity index (χ2v) is 6.81. The number of aromatic nitrogens is 2. The van der Waals surface area contributed by atoms with Crippen molar-refractivity contribution in [2.24, 2.45) is 0 Å². The van der Waals surface area contributed by atoms with Gasteiger partial charge in [-0.1, -0.05) is 12.1 Å². The topological polar surface area (TPSA) is 75.6 Å². The summed E-state index contributed by atoms with van der Waals surface area (Å²) in [5.41, 5.74) is 2.09. The Bertz CT molecular complexity index is 889. The highest BCUT2D eigenvalue weighted by atomic mass is 16.5. The van der Waals surface area contributed by atoms with Crippen molar-refractivity contribution >= 4 is 29.4 Å². The van der Waals surface area contributed by atoms with Gasteiger partial charge in [0.1, 0.15) is 0 Å². The van der Waals surface area contributed by atoms with Crippen LogP contribution in [-0.4, -0.2) is 54.5 Å². The first-order chi connectivity index (χ1) is 13.7. The van der Waals surface area contributed by atoms with Gasteiger partial charge in [-0.15, -0.1) is 0 Å². The quantitative estimate of drug-likeness (QED) is 0.587. The fourth-order valence-electron chi connectivity index (χ4n) is 3.36. The van der Waals surface area contributed by atoms with Crippen LogP contribution in [0.3, 0.4) is 0 Å². The average molecular weight is 378 g/mol. The molecule has 4 rings (SSSR count). The lowest BCUT2D eigenvalue weighted by Crippen LogP contribution is -2.37. The molecule has 0 atom stereocenters. The fraction of sp³-hybridized carbons (Fsp3) is 0.333. The third-order valence-corrected chi connectivity index (χ3v) is 4.90. The summed E-state index contributed by atoms with van der Waals surface area (Å²) in [6, 6.07) is 7.20. The third-order valence-electron chi connectivity index (χ3n) is 4.90. The van der Waals surface area contributed by atoms with Crippen LogP contribution in [-0.2, 0) is 9.53 Å². The first kappa shape index (κ1) is 18.3. The summed E-state index contributed by atoms with van der Waals surface area (Å²) in [4.78, 5) is 37.0. The molecule has 144 valence electrons. The number of ketones is 1. The molecule has 7 nitrogen and oxygen atoms in total. The minimum Gasteiger partial charge on any atom is -0.378 e. The maximum absolute atomic E-state index is 12.5. The number of allylic oxidation sites excluding steroid dienone is 1. The van der Waals surface area contributed by atoms with Gasteiger partial charge in [0.25, 0.3) is 0 Å². The summed E-state index contributed by atoms with van der Waals surface area (Å²) in [5, 5.41) is 0. The highest BCUT2D eigenvalue weighted by Crippen LogP contribution is 2.22. The zero-order valence-corrected chi connectivity index (χ0v) is 15.6. The first-order valence-electron chi connectivity index (χ1n) is 9.48. The number of hydrogen-bond acceptors (Lipinski definition) is 6. The molecule has 0 bridgehead atoms. The molecule has 1 aromatic carbocycles. The van der Waals surface area contributed by atoms with Crippen LogP contribution in [0.25, 0.3) is 6.08 Å². The van der Waals surface area contributed by atoms with Crippen LogP contribution in [0.1, 0.15) is 28.8 Å². The summed E-state index contributed by atoms with van der Waals surface area (Å²) in [5.74, 6) is 0.665.